The fourth-order valence-electron chi connectivity index (χ4n) is 2.86. The predicted octanol–water partition coefficient (Wildman–Crippen LogP) is 3.27. The highest BCUT2D eigenvalue weighted by atomic mass is 16.5. The number of hydrazone groups is 1. The summed E-state index contributed by atoms with van der Waals surface area (Å²) in [5, 5.41) is 8.66. The molecule has 0 unspecified atom stereocenters. The summed E-state index contributed by atoms with van der Waals surface area (Å²) >= 11 is 0. The third kappa shape index (κ3) is 3.88. The quantitative estimate of drug-likeness (QED) is 0.527. The number of carbonyl (C=O) groups is 1. The van der Waals surface area contributed by atoms with E-state index in [0.717, 1.165) is 22.6 Å². The largest absolute Gasteiger partial charge is 0.493 e. The molecular weight excluding hydrogens is 356 g/mol. The van der Waals surface area contributed by atoms with E-state index in [4.69, 9.17) is 9.47 Å². The topological polar surface area (TPSA) is 77.7 Å². The van der Waals surface area contributed by atoms with E-state index in [9.17, 15) is 4.79 Å². The van der Waals surface area contributed by atoms with Gasteiger partial charge in [-0.1, -0.05) is 18.2 Å². The number of amides is 1. The molecule has 3 rings (SSSR count). The van der Waals surface area contributed by atoms with Crippen molar-refractivity contribution in [3.05, 3.63) is 71.0 Å². The average molecular weight is 378 g/mol. The zero-order valence-electron chi connectivity index (χ0n) is 16.3. The molecular formula is C21H22N4O3. The summed E-state index contributed by atoms with van der Waals surface area (Å²) in [5.41, 5.74) is 6.55. The van der Waals surface area contributed by atoms with E-state index < -0.39 is 0 Å². The van der Waals surface area contributed by atoms with Gasteiger partial charge in [-0.3, -0.25) is 4.79 Å². The molecule has 0 radical (unpaired) electrons. The number of methoxy groups -OCH3 is 2. The van der Waals surface area contributed by atoms with E-state index in [2.05, 4.69) is 15.6 Å². The number of nitrogens with one attached hydrogen (secondary N) is 1. The van der Waals surface area contributed by atoms with Crippen LogP contribution in [0.1, 0.15) is 27.3 Å². The van der Waals surface area contributed by atoms with Crippen LogP contribution in [-0.2, 0) is 0 Å². The highest BCUT2D eigenvalue weighted by Gasteiger charge is 2.12. The molecule has 0 aliphatic heterocycles. The second kappa shape index (κ2) is 8.39. The van der Waals surface area contributed by atoms with Crippen LogP contribution in [0.15, 0.2) is 53.6 Å². The molecule has 0 saturated carbocycles. The van der Waals surface area contributed by atoms with Crippen molar-refractivity contribution in [1.29, 1.82) is 0 Å². The Morgan fingerprint density at radius 1 is 1.07 bits per heavy atom. The summed E-state index contributed by atoms with van der Waals surface area (Å²) in [6.45, 7) is 3.87. The fraction of sp³-hybridized carbons (Fsp3) is 0.190. The molecule has 0 atom stereocenters. The zero-order valence-corrected chi connectivity index (χ0v) is 16.3. The fourth-order valence-corrected chi connectivity index (χ4v) is 2.86. The molecule has 7 heteroatoms. The van der Waals surface area contributed by atoms with Crippen molar-refractivity contribution in [3.8, 4) is 17.2 Å². The maximum atomic E-state index is 12.4. The number of para-hydroxylation sites is 1. The molecule has 1 N–H and O–H groups in total. The highest BCUT2D eigenvalue weighted by molar-refractivity contribution is 5.95. The Kier molecular flexibility index (Phi) is 5.74. The number of rotatable bonds is 6. The average Bonchev–Trinajstić information content (AvgIpc) is 3.02. The Balaban J connectivity index is 1.76. The number of hydrogen-bond acceptors (Lipinski definition) is 5. The van der Waals surface area contributed by atoms with Crippen molar-refractivity contribution < 1.29 is 14.3 Å². The molecule has 0 fully saturated rings. The third-order valence-electron chi connectivity index (χ3n) is 4.35. The number of ether oxygens (including phenoxy) is 2. The lowest BCUT2D eigenvalue weighted by molar-refractivity contribution is 0.0954. The van der Waals surface area contributed by atoms with Crippen molar-refractivity contribution in [2.45, 2.75) is 13.8 Å². The summed E-state index contributed by atoms with van der Waals surface area (Å²) in [7, 11) is 3.07. The van der Waals surface area contributed by atoms with Crippen LogP contribution in [0.5, 0.6) is 11.5 Å². The monoisotopic (exact) mass is 378 g/mol. The van der Waals surface area contributed by atoms with E-state index in [1.54, 1.807) is 31.5 Å². The summed E-state index contributed by atoms with van der Waals surface area (Å²) in [6.07, 6.45) is 1.61. The smallest absolute Gasteiger partial charge is 0.271 e. The van der Waals surface area contributed by atoms with E-state index in [1.807, 2.05) is 48.9 Å². The van der Waals surface area contributed by atoms with Gasteiger partial charge in [0.1, 0.15) is 0 Å². The van der Waals surface area contributed by atoms with Crippen molar-refractivity contribution in [2.24, 2.45) is 5.10 Å². The van der Waals surface area contributed by atoms with Gasteiger partial charge in [-0.05, 0) is 44.2 Å². The molecule has 1 heterocycles. The molecule has 2 aromatic carbocycles. The Bertz CT molecular complexity index is 1010. The van der Waals surface area contributed by atoms with Gasteiger partial charge < -0.3 is 9.47 Å². The van der Waals surface area contributed by atoms with Crippen molar-refractivity contribution >= 4 is 12.1 Å². The first-order valence-electron chi connectivity index (χ1n) is 8.72. The van der Waals surface area contributed by atoms with Gasteiger partial charge in [-0.2, -0.15) is 10.2 Å². The standard InChI is InChI=1S/C21H22N4O3/c1-14-18(15(2)25(24-14)17-8-6-5-7-9-17)13-22-23-21(26)16-10-11-19(27-3)20(12-16)28-4/h5-13H,1-4H3,(H,23,26)/b22-13-. The van der Waals surface area contributed by atoms with Gasteiger partial charge >= 0.3 is 0 Å². The van der Waals surface area contributed by atoms with Gasteiger partial charge in [0.25, 0.3) is 5.91 Å². The Morgan fingerprint density at radius 2 is 1.79 bits per heavy atom. The van der Waals surface area contributed by atoms with Gasteiger partial charge in [0.15, 0.2) is 11.5 Å². The zero-order chi connectivity index (χ0) is 20.1. The Labute approximate surface area is 163 Å². The third-order valence-corrected chi connectivity index (χ3v) is 4.35. The Hall–Kier alpha value is -3.61. The minimum absolute atomic E-state index is 0.344. The van der Waals surface area contributed by atoms with Gasteiger partial charge in [-0.25, -0.2) is 10.1 Å². The van der Waals surface area contributed by atoms with Crippen LogP contribution in [-0.4, -0.2) is 36.1 Å². The summed E-state index contributed by atoms with van der Waals surface area (Å²) in [5.74, 6) is 0.694. The molecule has 28 heavy (non-hydrogen) atoms. The van der Waals surface area contributed by atoms with Crippen LogP contribution in [0.2, 0.25) is 0 Å². The van der Waals surface area contributed by atoms with Gasteiger partial charge in [0, 0.05) is 11.1 Å². The molecule has 7 nitrogen and oxygen atoms in total. The van der Waals surface area contributed by atoms with E-state index in [0.29, 0.717) is 17.1 Å². The molecule has 144 valence electrons. The summed E-state index contributed by atoms with van der Waals surface area (Å²) < 4.78 is 12.3. The van der Waals surface area contributed by atoms with Crippen LogP contribution in [0.4, 0.5) is 0 Å². The van der Waals surface area contributed by atoms with Gasteiger partial charge in [-0.15, -0.1) is 0 Å². The molecule has 0 saturated heterocycles. The van der Waals surface area contributed by atoms with Crippen LogP contribution >= 0.6 is 0 Å². The number of nitrogens with zero attached hydrogens (tertiary/aromatic N) is 3. The minimum atomic E-state index is -0.344. The van der Waals surface area contributed by atoms with Crippen LogP contribution in [0.3, 0.4) is 0 Å². The Morgan fingerprint density at radius 3 is 2.46 bits per heavy atom. The van der Waals surface area contributed by atoms with Gasteiger partial charge in [0.05, 0.1) is 37.5 Å². The summed E-state index contributed by atoms with van der Waals surface area (Å²) in [6, 6.07) is 14.8. The lowest BCUT2D eigenvalue weighted by atomic mass is 10.2. The number of aryl methyl sites for hydroxylation is 1. The minimum Gasteiger partial charge on any atom is -0.493 e. The normalized spacial score (nSPS) is 10.9. The second-order valence-corrected chi connectivity index (χ2v) is 6.10. The first-order valence-corrected chi connectivity index (χ1v) is 8.72. The highest BCUT2D eigenvalue weighted by Crippen LogP contribution is 2.27. The SMILES string of the molecule is COc1ccc(C(=O)N/N=C\c2c(C)nn(-c3ccccc3)c2C)cc1OC. The van der Waals surface area contributed by atoms with Crippen molar-refractivity contribution in [2.75, 3.05) is 14.2 Å². The van der Waals surface area contributed by atoms with Crippen molar-refractivity contribution in [1.82, 2.24) is 15.2 Å². The van der Waals surface area contributed by atoms with Crippen LogP contribution in [0, 0.1) is 13.8 Å². The van der Waals surface area contributed by atoms with Crippen LogP contribution in [0.25, 0.3) is 5.69 Å². The summed E-state index contributed by atoms with van der Waals surface area (Å²) in [4.78, 5) is 12.4. The number of aromatic nitrogens is 2. The van der Waals surface area contributed by atoms with Crippen molar-refractivity contribution in [3.63, 3.8) is 0 Å². The lowest BCUT2D eigenvalue weighted by Gasteiger charge is -2.08. The van der Waals surface area contributed by atoms with E-state index >= 15 is 0 Å². The lowest BCUT2D eigenvalue weighted by Crippen LogP contribution is -2.17. The molecule has 0 spiro atoms. The maximum Gasteiger partial charge on any atom is 0.271 e. The number of benzene rings is 2. The molecule has 1 aromatic heterocycles. The molecule has 0 aliphatic carbocycles. The first kappa shape index (κ1) is 19.2. The van der Waals surface area contributed by atoms with Crippen LogP contribution < -0.4 is 14.9 Å². The molecule has 0 bridgehead atoms. The van der Waals surface area contributed by atoms with Gasteiger partial charge in [0.2, 0.25) is 0 Å². The molecule has 0 aliphatic rings. The number of carbonyl (C=O) groups excluding carboxylic acids is 1. The number of hydrogen-bond donors (Lipinski definition) is 1. The first-order chi connectivity index (χ1) is 13.5. The maximum absolute atomic E-state index is 12.4. The van der Waals surface area contributed by atoms with E-state index in [1.165, 1.54) is 7.11 Å². The molecule has 1 amide bonds. The van der Waals surface area contributed by atoms with E-state index in [-0.39, 0.29) is 5.91 Å². The molecule has 3 aromatic rings. The second-order valence-electron chi connectivity index (χ2n) is 6.10. The predicted molar refractivity (Wildman–Crippen MR) is 108 cm³/mol.